The zero-order chi connectivity index (χ0) is 13.6. The minimum Gasteiger partial charge on any atom is -0.383 e. The standard InChI is InChI=1S/C16H19N3/c1-9(2)14-10(3)18-16(19-15(14)17)13-8-11-6-4-5-7-12(11)13/h4-7,9,13H,8H2,1-3H3,(H2,17,18,19). The first-order chi connectivity index (χ1) is 9.08. The molecule has 1 aromatic carbocycles. The summed E-state index contributed by atoms with van der Waals surface area (Å²) < 4.78 is 0. The number of hydrogen-bond donors (Lipinski definition) is 1. The van der Waals surface area contributed by atoms with Crippen LogP contribution < -0.4 is 5.73 Å². The van der Waals surface area contributed by atoms with Gasteiger partial charge in [0.05, 0.1) is 0 Å². The summed E-state index contributed by atoms with van der Waals surface area (Å²) in [6, 6.07) is 8.49. The van der Waals surface area contributed by atoms with Gasteiger partial charge in [0, 0.05) is 17.2 Å². The van der Waals surface area contributed by atoms with Gasteiger partial charge in [0.15, 0.2) is 0 Å². The zero-order valence-corrected chi connectivity index (χ0v) is 11.6. The van der Waals surface area contributed by atoms with Crippen molar-refractivity contribution < 1.29 is 0 Å². The Morgan fingerprint density at radius 2 is 1.95 bits per heavy atom. The summed E-state index contributed by atoms with van der Waals surface area (Å²) in [6.07, 6.45) is 1.02. The van der Waals surface area contributed by atoms with Crippen LogP contribution in [0.1, 0.15) is 53.9 Å². The number of benzene rings is 1. The second kappa shape index (κ2) is 4.34. The van der Waals surface area contributed by atoms with Crippen molar-refractivity contribution in [1.29, 1.82) is 0 Å². The van der Waals surface area contributed by atoms with E-state index in [0.29, 0.717) is 17.7 Å². The van der Waals surface area contributed by atoms with Crippen LogP contribution in [0.4, 0.5) is 5.82 Å². The van der Waals surface area contributed by atoms with Crippen LogP contribution in [-0.4, -0.2) is 9.97 Å². The SMILES string of the molecule is Cc1nc(C2Cc3ccccc32)nc(N)c1C(C)C. The molecule has 3 nitrogen and oxygen atoms in total. The summed E-state index contributed by atoms with van der Waals surface area (Å²) in [6.45, 7) is 6.28. The molecule has 1 heterocycles. The van der Waals surface area contributed by atoms with Crippen LogP contribution in [0.15, 0.2) is 24.3 Å². The van der Waals surface area contributed by atoms with Gasteiger partial charge in [0.25, 0.3) is 0 Å². The number of rotatable bonds is 2. The lowest BCUT2D eigenvalue weighted by Crippen LogP contribution is -2.22. The van der Waals surface area contributed by atoms with Crippen molar-refractivity contribution >= 4 is 5.82 Å². The molecule has 1 aliphatic rings. The van der Waals surface area contributed by atoms with E-state index in [0.717, 1.165) is 23.5 Å². The highest BCUT2D eigenvalue weighted by atomic mass is 15.0. The Labute approximate surface area is 113 Å². The van der Waals surface area contributed by atoms with E-state index in [2.05, 4.69) is 48.1 Å². The lowest BCUT2D eigenvalue weighted by molar-refractivity contribution is 0.652. The predicted molar refractivity (Wildman–Crippen MR) is 77.3 cm³/mol. The number of nitrogens with zero attached hydrogens (tertiary/aromatic N) is 2. The summed E-state index contributed by atoms with van der Waals surface area (Å²) in [5.74, 6) is 2.20. The molecule has 0 spiro atoms. The molecule has 19 heavy (non-hydrogen) atoms. The van der Waals surface area contributed by atoms with E-state index in [4.69, 9.17) is 5.73 Å². The van der Waals surface area contributed by atoms with Crippen molar-refractivity contribution in [3.8, 4) is 0 Å². The minimum absolute atomic E-state index is 0.318. The Morgan fingerprint density at radius 1 is 1.21 bits per heavy atom. The minimum atomic E-state index is 0.318. The molecule has 1 unspecified atom stereocenters. The third-order valence-electron chi connectivity index (χ3n) is 3.93. The van der Waals surface area contributed by atoms with E-state index in [1.54, 1.807) is 0 Å². The average Bonchev–Trinajstić information content (AvgIpc) is 2.29. The van der Waals surface area contributed by atoms with Crippen LogP contribution in [0.3, 0.4) is 0 Å². The number of fused-ring (bicyclic) bond motifs is 1. The Kier molecular flexibility index (Phi) is 2.77. The molecule has 0 saturated heterocycles. The largest absolute Gasteiger partial charge is 0.383 e. The Morgan fingerprint density at radius 3 is 2.58 bits per heavy atom. The van der Waals surface area contributed by atoms with Crippen molar-refractivity contribution in [3.05, 3.63) is 52.5 Å². The van der Waals surface area contributed by atoms with Gasteiger partial charge in [0.2, 0.25) is 0 Å². The van der Waals surface area contributed by atoms with E-state index >= 15 is 0 Å². The molecular formula is C16H19N3. The van der Waals surface area contributed by atoms with Gasteiger partial charge in [-0.1, -0.05) is 38.1 Å². The van der Waals surface area contributed by atoms with Gasteiger partial charge in [-0.25, -0.2) is 9.97 Å². The quantitative estimate of drug-likeness (QED) is 0.894. The van der Waals surface area contributed by atoms with Gasteiger partial charge < -0.3 is 5.73 Å². The molecule has 1 aliphatic carbocycles. The van der Waals surface area contributed by atoms with Gasteiger partial charge in [0.1, 0.15) is 11.6 Å². The van der Waals surface area contributed by atoms with E-state index in [1.165, 1.54) is 11.1 Å². The Bertz CT molecular complexity index is 609. The zero-order valence-electron chi connectivity index (χ0n) is 11.6. The maximum Gasteiger partial charge on any atom is 0.138 e. The monoisotopic (exact) mass is 253 g/mol. The third-order valence-corrected chi connectivity index (χ3v) is 3.93. The highest BCUT2D eigenvalue weighted by molar-refractivity contribution is 5.48. The predicted octanol–water partition coefficient (Wildman–Crippen LogP) is 3.18. The Hall–Kier alpha value is -1.90. The second-order valence-corrected chi connectivity index (χ2v) is 5.58. The molecule has 0 saturated carbocycles. The van der Waals surface area contributed by atoms with Gasteiger partial charge in [-0.05, 0) is 30.4 Å². The van der Waals surface area contributed by atoms with E-state index in [1.807, 2.05) is 6.92 Å². The molecule has 2 N–H and O–H groups in total. The number of anilines is 1. The lowest BCUT2D eigenvalue weighted by Gasteiger charge is -2.29. The number of aryl methyl sites for hydroxylation is 1. The molecule has 3 rings (SSSR count). The first kappa shape index (κ1) is 12.2. The van der Waals surface area contributed by atoms with Gasteiger partial charge >= 0.3 is 0 Å². The van der Waals surface area contributed by atoms with Gasteiger partial charge in [-0.3, -0.25) is 0 Å². The van der Waals surface area contributed by atoms with Crippen molar-refractivity contribution in [2.24, 2.45) is 0 Å². The van der Waals surface area contributed by atoms with Gasteiger partial charge in [-0.15, -0.1) is 0 Å². The van der Waals surface area contributed by atoms with E-state index in [9.17, 15) is 0 Å². The van der Waals surface area contributed by atoms with E-state index < -0.39 is 0 Å². The third kappa shape index (κ3) is 1.89. The molecule has 0 fully saturated rings. The number of aromatic nitrogens is 2. The van der Waals surface area contributed by atoms with Gasteiger partial charge in [-0.2, -0.15) is 0 Å². The number of nitrogens with two attached hydrogens (primary N) is 1. The molecule has 0 bridgehead atoms. The lowest BCUT2D eigenvalue weighted by atomic mass is 9.77. The topological polar surface area (TPSA) is 51.8 Å². The van der Waals surface area contributed by atoms with Crippen molar-refractivity contribution in [3.63, 3.8) is 0 Å². The smallest absolute Gasteiger partial charge is 0.138 e. The molecular weight excluding hydrogens is 234 g/mol. The van der Waals surface area contributed by atoms with Crippen LogP contribution in [0.25, 0.3) is 0 Å². The highest BCUT2D eigenvalue weighted by Crippen LogP contribution is 2.39. The fourth-order valence-corrected chi connectivity index (χ4v) is 2.98. The van der Waals surface area contributed by atoms with Crippen LogP contribution in [0.2, 0.25) is 0 Å². The van der Waals surface area contributed by atoms with Crippen LogP contribution >= 0.6 is 0 Å². The summed E-state index contributed by atoms with van der Waals surface area (Å²) in [5.41, 5.74) is 11.0. The average molecular weight is 253 g/mol. The van der Waals surface area contributed by atoms with Crippen molar-refractivity contribution in [2.75, 3.05) is 5.73 Å². The van der Waals surface area contributed by atoms with Crippen LogP contribution in [0, 0.1) is 6.92 Å². The summed E-state index contributed by atoms with van der Waals surface area (Å²) in [5, 5.41) is 0. The van der Waals surface area contributed by atoms with E-state index in [-0.39, 0.29) is 0 Å². The second-order valence-electron chi connectivity index (χ2n) is 5.58. The maximum absolute atomic E-state index is 6.11. The molecule has 0 radical (unpaired) electrons. The van der Waals surface area contributed by atoms with Crippen molar-refractivity contribution in [1.82, 2.24) is 9.97 Å². The Balaban J connectivity index is 2.01. The summed E-state index contributed by atoms with van der Waals surface area (Å²) >= 11 is 0. The number of nitrogen functional groups attached to an aromatic ring is 1. The number of hydrogen-bond acceptors (Lipinski definition) is 3. The molecule has 98 valence electrons. The van der Waals surface area contributed by atoms with Crippen molar-refractivity contribution in [2.45, 2.75) is 39.0 Å². The molecule has 0 aliphatic heterocycles. The fourth-order valence-electron chi connectivity index (χ4n) is 2.98. The maximum atomic E-state index is 6.11. The summed E-state index contributed by atoms with van der Waals surface area (Å²) in [7, 11) is 0. The fraction of sp³-hybridized carbons (Fsp3) is 0.375. The molecule has 3 heteroatoms. The molecule has 1 atom stereocenters. The first-order valence-electron chi connectivity index (χ1n) is 6.79. The summed E-state index contributed by atoms with van der Waals surface area (Å²) in [4.78, 5) is 9.23. The normalized spacial score (nSPS) is 17.2. The molecule has 2 aromatic rings. The highest BCUT2D eigenvalue weighted by Gasteiger charge is 2.30. The first-order valence-corrected chi connectivity index (χ1v) is 6.79. The molecule has 1 aromatic heterocycles. The molecule has 0 amide bonds. The van der Waals surface area contributed by atoms with Crippen LogP contribution in [-0.2, 0) is 6.42 Å². The van der Waals surface area contributed by atoms with Crippen LogP contribution in [0.5, 0.6) is 0 Å².